The van der Waals surface area contributed by atoms with Crippen LogP contribution in [0.25, 0.3) is 0 Å². The van der Waals surface area contributed by atoms with Crippen molar-refractivity contribution in [1.82, 2.24) is 0 Å². The number of ether oxygens (including phenoxy) is 1. The van der Waals surface area contributed by atoms with E-state index in [2.05, 4.69) is 31.3 Å². The van der Waals surface area contributed by atoms with Gasteiger partial charge in [-0.15, -0.1) is 0 Å². The molecule has 0 saturated carbocycles. The van der Waals surface area contributed by atoms with Gasteiger partial charge in [0.1, 0.15) is 5.75 Å². The third-order valence-electron chi connectivity index (χ3n) is 4.17. The van der Waals surface area contributed by atoms with Gasteiger partial charge in [0, 0.05) is 10.7 Å². The van der Waals surface area contributed by atoms with Gasteiger partial charge in [-0.25, -0.2) is 0 Å². The number of carbonyl (C=O) groups excluding carboxylic acids is 1. The Hall–Kier alpha value is -2.00. The van der Waals surface area contributed by atoms with E-state index < -0.39 is 6.10 Å². The minimum Gasteiger partial charge on any atom is -0.481 e. The molecule has 4 heteroatoms. The third kappa shape index (κ3) is 4.75. The number of aryl methyl sites for hydroxylation is 1. The summed E-state index contributed by atoms with van der Waals surface area (Å²) in [5.41, 5.74) is 2.95. The first-order valence-electron chi connectivity index (χ1n) is 8.24. The fourth-order valence-corrected chi connectivity index (χ4v) is 2.59. The van der Waals surface area contributed by atoms with Gasteiger partial charge < -0.3 is 10.1 Å². The van der Waals surface area contributed by atoms with Crippen LogP contribution in [0.1, 0.15) is 44.2 Å². The van der Waals surface area contributed by atoms with E-state index in [1.165, 1.54) is 5.56 Å². The molecule has 1 amide bonds. The normalized spacial score (nSPS) is 13.2. The molecule has 0 fully saturated rings. The summed E-state index contributed by atoms with van der Waals surface area (Å²) in [5, 5.41) is 3.54. The predicted octanol–water partition coefficient (Wildman–Crippen LogP) is 5.57. The van der Waals surface area contributed by atoms with Crippen LogP contribution in [-0.4, -0.2) is 12.0 Å². The maximum Gasteiger partial charge on any atom is 0.265 e. The SMILES string of the molecule is CC[C@@H](C)c1ccc(NC(=O)[C@H](C)Oc2ccc(Cl)cc2C)cc1. The number of rotatable bonds is 6. The lowest BCUT2D eigenvalue weighted by Gasteiger charge is -2.17. The maximum atomic E-state index is 12.3. The third-order valence-corrected chi connectivity index (χ3v) is 4.40. The van der Waals surface area contributed by atoms with Crippen molar-refractivity contribution in [3.05, 3.63) is 58.6 Å². The Kier molecular flexibility index (Phi) is 6.27. The second-order valence-electron chi connectivity index (χ2n) is 6.09. The molecule has 0 heterocycles. The van der Waals surface area contributed by atoms with E-state index in [1.807, 2.05) is 25.1 Å². The Balaban J connectivity index is 1.98. The molecule has 3 nitrogen and oxygen atoms in total. The number of benzene rings is 2. The molecule has 24 heavy (non-hydrogen) atoms. The number of anilines is 1. The molecular weight excluding hydrogens is 322 g/mol. The van der Waals surface area contributed by atoms with E-state index in [1.54, 1.807) is 19.1 Å². The number of hydrogen-bond acceptors (Lipinski definition) is 2. The van der Waals surface area contributed by atoms with Gasteiger partial charge in [-0.2, -0.15) is 0 Å². The molecule has 0 aliphatic heterocycles. The topological polar surface area (TPSA) is 38.3 Å². The second-order valence-corrected chi connectivity index (χ2v) is 6.53. The van der Waals surface area contributed by atoms with Gasteiger partial charge in [0.15, 0.2) is 6.10 Å². The molecule has 0 aromatic heterocycles. The molecule has 0 unspecified atom stereocenters. The van der Waals surface area contributed by atoms with Gasteiger partial charge >= 0.3 is 0 Å². The van der Waals surface area contributed by atoms with E-state index in [0.717, 1.165) is 17.7 Å². The van der Waals surface area contributed by atoms with Crippen molar-refractivity contribution in [2.45, 2.75) is 46.1 Å². The number of nitrogens with one attached hydrogen (secondary N) is 1. The van der Waals surface area contributed by atoms with Crippen LogP contribution in [0.4, 0.5) is 5.69 Å². The number of hydrogen-bond donors (Lipinski definition) is 1. The Morgan fingerprint density at radius 3 is 2.42 bits per heavy atom. The lowest BCUT2D eigenvalue weighted by Crippen LogP contribution is -2.30. The first-order chi connectivity index (χ1) is 11.4. The van der Waals surface area contributed by atoms with Crippen molar-refractivity contribution in [3.63, 3.8) is 0 Å². The summed E-state index contributed by atoms with van der Waals surface area (Å²) >= 11 is 5.93. The molecule has 0 aliphatic carbocycles. The lowest BCUT2D eigenvalue weighted by atomic mass is 9.99. The lowest BCUT2D eigenvalue weighted by molar-refractivity contribution is -0.122. The van der Waals surface area contributed by atoms with Crippen LogP contribution in [0, 0.1) is 6.92 Å². The molecule has 0 saturated heterocycles. The van der Waals surface area contributed by atoms with Crippen LogP contribution in [0.2, 0.25) is 5.02 Å². The van der Waals surface area contributed by atoms with E-state index >= 15 is 0 Å². The van der Waals surface area contributed by atoms with Crippen molar-refractivity contribution >= 4 is 23.2 Å². The van der Waals surface area contributed by atoms with Crippen LogP contribution >= 0.6 is 11.6 Å². The summed E-state index contributed by atoms with van der Waals surface area (Å²) in [6.45, 7) is 7.99. The van der Waals surface area contributed by atoms with Gasteiger partial charge in [0.25, 0.3) is 5.91 Å². The average molecular weight is 346 g/mol. The molecule has 2 aromatic carbocycles. The first kappa shape index (κ1) is 18.3. The Bertz CT molecular complexity index is 697. The highest BCUT2D eigenvalue weighted by atomic mass is 35.5. The minimum atomic E-state index is -0.598. The Labute approximate surface area is 149 Å². The number of halogens is 1. The van der Waals surface area contributed by atoms with Crippen LogP contribution in [0.5, 0.6) is 5.75 Å². The summed E-state index contributed by atoms with van der Waals surface area (Å²) in [5.74, 6) is 1.000. The molecular formula is C20H24ClNO2. The van der Waals surface area contributed by atoms with Crippen LogP contribution in [-0.2, 0) is 4.79 Å². The average Bonchev–Trinajstić information content (AvgIpc) is 2.57. The molecule has 2 atom stereocenters. The summed E-state index contributed by atoms with van der Waals surface area (Å²) in [4.78, 5) is 12.3. The predicted molar refractivity (Wildman–Crippen MR) is 100 cm³/mol. The van der Waals surface area contributed by atoms with E-state index in [-0.39, 0.29) is 5.91 Å². The molecule has 0 bridgehead atoms. The van der Waals surface area contributed by atoms with E-state index in [0.29, 0.717) is 16.7 Å². The number of carbonyl (C=O) groups is 1. The second kappa shape index (κ2) is 8.20. The fourth-order valence-electron chi connectivity index (χ4n) is 2.36. The summed E-state index contributed by atoms with van der Waals surface area (Å²) in [6, 6.07) is 13.3. The first-order valence-corrected chi connectivity index (χ1v) is 8.62. The molecule has 2 rings (SSSR count). The zero-order valence-electron chi connectivity index (χ0n) is 14.6. The van der Waals surface area contributed by atoms with E-state index in [9.17, 15) is 4.79 Å². The molecule has 0 spiro atoms. The fraction of sp³-hybridized carbons (Fsp3) is 0.350. The zero-order chi connectivity index (χ0) is 17.7. The molecule has 0 radical (unpaired) electrons. The van der Waals surface area contributed by atoms with Crippen molar-refractivity contribution < 1.29 is 9.53 Å². The highest BCUT2D eigenvalue weighted by molar-refractivity contribution is 6.30. The molecule has 1 N–H and O–H groups in total. The van der Waals surface area contributed by atoms with Crippen molar-refractivity contribution in [1.29, 1.82) is 0 Å². The zero-order valence-corrected chi connectivity index (χ0v) is 15.4. The summed E-state index contributed by atoms with van der Waals surface area (Å²) in [7, 11) is 0. The molecule has 128 valence electrons. The molecule has 0 aliphatic rings. The van der Waals surface area contributed by atoms with Crippen LogP contribution in [0.15, 0.2) is 42.5 Å². The molecule has 2 aromatic rings. The van der Waals surface area contributed by atoms with Gasteiger partial charge in [-0.3, -0.25) is 4.79 Å². The quantitative estimate of drug-likeness (QED) is 0.743. The van der Waals surface area contributed by atoms with Gasteiger partial charge in [-0.05, 0) is 67.6 Å². The minimum absolute atomic E-state index is 0.180. The van der Waals surface area contributed by atoms with Crippen molar-refractivity contribution in [2.24, 2.45) is 0 Å². The Morgan fingerprint density at radius 1 is 1.17 bits per heavy atom. The highest BCUT2D eigenvalue weighted by Gasteiger charge is 2.16. The van der Waals surface area contributed by atoms with Crippen LogP contribution < -0.4 is 10.1 Å². The van der Waals surface area contributed by atoms with E-state index in [4.69, 9.17) is 16.3 Å². The largest absolute Gasteiger partial charge is 0.481 e. The highest BCUT2D eigenvalue weighted by Crippen LogP contribution is 2.24. The maximum absolute atomic E-state index is 12.3. The Morgan fingerprint density at radius 2 is 1.83 bits per heavy atom. The van der Waals surface area contributed by atoms with Crippen molar-refractivity contribution in [2.75, 3.05) is 5.32 Å². The van der Waals surface area contributed by atoms with Gasteiger partial charge in [0.2, 0.25) is 0 Å². The van der Waals surface area contributed by atoms with Gasteiger partial charge in [-0.1, -0.05) is 37.6 Å². The van der Waals surface area contributed by atoms with Crippen molar-refractivity contribution in [3.8, 4) is 5.75 Å². The smallest absolute Gasteiger partial charge is 0.265 e. The van der Waals surface area contributed by atoms with Gasteiger partial charge in [0.05, 0.1) is 0 Å². The number of amides is 1. The summed E-state index contributed by atoms with van der Waals surface area (Å²) < 4.78 is 5.74. The monoisotopic (exact) mass is 345 g/mol. The summed E-state index contributed by atoms with van der Waals surface area (Å²) in [6.07, 6.45) is 0.496. The standard InChI is InChI=1S/C20H24ClNO2/c1-5-13(2)16-6-9-18(10-7-16)22-20(23)15(4)24-19-11-8-17(21)12-14(19)3/h6-13,15H,5H2,1-4H3,(H,22,23)/t13-,15+/m1/s1. The van der Waals surface area contributed by atoms with Crippen LogP contribution in [0.3, 0.4) is 0 Å².